The molecule has 4 aromatic rings. The summed E-state index contributed by atoms with van der Waals surface area (Å²) >= 11 is 1.43. The van der Waals surface area contributed by atoms with Crippen molar-refractivity contribution in [3.05, 3.63) is 57.6 Å². The van der Waals surface area contributed by atoms with Crippen molar-refractivity contribution in [2.45, 2.75) is 31.8 Å². The fraction of sp³-hybridized carbons (Fsp3) is 0.286. The lowest BCUT2D eigenvalue weighted by molar-refractivity contribution is 0.203. The molecule has 0 aliphatic heterocycles. The Morgan fingerprint density at radius 2 is 2.14 bits per heavy atom. The first-order valence-electron chi connectivity index (χ1n) is 9.49. The molecule has 1 unspecified atom stereocenters. The Morgan fingerprint density at radius 1 is 1.31 bits per heavy atom. The quantitative estimate of drug-likeness (QED) is 0.525. The van der Waals surface area contributed by atoms with Crippen LogP contribution in [-0.2, 0) is 0 Å². The van der Waals surface area contributed by atoms with E-state index >= 15 is 0 Å². The maximum absolute atomic E-state index is 12.5. The third-order valence-electron chi connectivity index (χ3n) is 5.23. The van der Waals surface area contributed by atoms with Crippen LogP contribution >= 0.6 is 11.3 Å². The van der Waals surface area contributed by atoms with E-state index in [-0.39, 0.29) is 11.5 Å². The van der Waals surface area contributed by atoms with Gasteiger partial charge < -0.3 is 14.8 Å². The smallest absolute Gasteiger partial charge is 0.252 e. The van der Waals surface area contributed by atoms with Crippen molar-refractivity contribution < 1.29 is 9.84 Å². The molecule has 1 atom stereocenters. The second-order valence-electron chi connectivity index (χ2n) is 7.27. The summed E-state index contributed by atoms with van der Waals surface area (Å²) in [5.74, 6) is 0.987. The Balaban J connectivity index is 1.69. The number of H-pyrrole nitrogens is 1. The number of nitrogens with one attached hydrogen (secondary N) is 1. The molecule has 0 aromatic carbocycles. The molecule has 1 aliphatic rings. The number of nitrogens with zero attached hydrogens (tertiary/aromatic N) is 3. The molecule has 0 radical (unpaired) electrons. The van der Waals surface area contributed by atoms with E-state index in [1.165, 1.54) is 11.3 Å². The molecule has 4 heterocycles. The van der Waals surface area contributed by atoms with E-state index in [0.29, 0.717) is 11.4 Å². The molecule has 0 spiro atoms. The molecule has 0 amide bonds. The van der Waals surface area contributed by atoms with E-state index in [2.05, 4.69) is 10.1 Å². The van der Waals surface area contributed by atoms with Crippen LogP contribution in [0.1, 0.15) is 42.2 Å². The number of hydrogen-bond donors (Lipinski definition) is 2. The van der Waals surface area contributed by atoms with Crippen LogP contribution in [0.4, 0.5) is 0 Å². The molecular weight excluding hydrogens is 388 g/mol. The number of aliphatic hydroxyl groups excluding tert-OH is 1. The van der Waals surface area contributed by atoms with Gasteiger partial charge in [0.25, 0.3) is 5.56 Å². The maximum atomic E-state index is 12.5. The summed E-state index contributed by atoms with van der Waals surface area (Å²) in [6.07, 6.45) is 6.56. The van der Waals surface area contributed by atoms with Crippen LogP contribution in [0.2, 0.25) is 0 Å². The minimum absolute atomic E-state index is 0.0702. The van der Waals surface area contributed by atoms with Gasteiger partial charge in [-0.1, -0.05) is 0 Å². The maximum Gasteiger partial charge on any atom is 0.252 e. The van der Waals surface area contributed by atoms with Gasteiger partial charge in [0.1, 0.15) is 10.8 Å². The van der Waals surface area contributed by atoms with E-state index in [0.717, 1.165) is 44.9 Å². The number of pyridine rings is 2. The number of ether oxygens (including phenoxy) is 1. The van der Waals surface area contributed by atoms with Crippen LogP contribution in [0, 0.1) is 0 Å². The molecule has 0 bridgehead atoms. The summed E-state index contributed by atoms with van der Waals surface area (Å²) in [4.78, 5) is 20.9. The lowest BCUT2D eigenvalue weighted by atomic mass is 10.0. The largest absolute Gasteiger partial charge is 0.495 e. The number of aromatic amines is 1. The SMILES string of the molecule is COc1ccc2c(-c3nc(-c4cc[nH]c(=O)c4C4CC4)c(C(C)O)s3)cnn2c1. The summed E-state index contributed by atoms with van der Waals surface area (Å²) in [7, 11) is 1.62. The Kier molecular flexibility index (Phi) is 4.25. The number of thiazole rings is 1. The highest BCUT2D eigenvalue weighted by molar-refractivity contribution is 7.15. The highest BCUT2D eigenvalue weighted by atomic mass is 32.1. The van der Waals surface area contributed by atoms with Gasteiger partial charge >= 0.3 is 0 Å². The summed E-state index contributed by atoms with van der Waals surface area (Å²) in [5.41, 5.74) is 3.98. The number of fused-ring (bicyclic) bond motifs is 1. The van der Waals surface area contributed by atoms with E-state index < -0.39 is 6.10 Å². The van der Waals surface area contributed by atoms with Crippen molar-refractivity contribution >= 4 is 16.9 Å². The zero-order chi connectivity index (χ0) is 20.1. The van der Waals surface area contributed by atoms with Crippen molar-refractivity contribution in [2.75, 3.05) is 7.11 Å². The van der Waals surface area contributed by atoms with Gasteiger partial charge in [-0.05, 0) is 43.9 Å². The predicted octanol–water partition coefficient (Wildman–Crippen LogP) is 3.75. The molecule has 7 nitrogen and oxygen atoms in total. The third-order valence-corrected chi connectivity index (χ3v) is 6.49. The van der Waals surface area contributed by atoms with Gasteiger partial charge in [0.05, 0.1) is 47.3 Å². The highest BCUT2D eigenvalue weighted by Gasteiger charge is 2.31. The number of aromatic nitrogens is 4. The number of rotatable bonds is 5. The molecule has 4 aromatic heterocycles. The van der Waals surface area contributed by atoms with Gasteiger partial charge in [-0.3, -0.25) is 4.79 Å². The monoisotopic (exact) mass is 408 g/mol. The summed E-state index contributed by atoms with van der Waals surface area (Å²) in [5, 5.41) is 15.6. The molecule has 1 saturated carbocycles. The van der Waals surface area contributed by atoms with Gasteiger partial charge in [0.15, 0.2) is 0 Å². The zero-order valence-electron chi connectivity index (χ0n) is 16.0. The topological polar surface area (TPSA) is 92.5 Å². The van der Waals surface area contributed by atoms with E-state index in [1.54, 1.807) is 30.9 Å². The Bertz CT molecular complexity index is 1270. The van der Waals surface area contributed by atoms with Gasteiger partial charge in [0, 0.05) is 17.3 Å². The first-order chi connectivity index (χ1) is 14.1. The van der Waals surface area contributed by atoms with Gasteiger partial charge in [-0.2, -0.15) is 5.10 Å². The second kappa shape index (κ2) is 6.82. The number of aliphatic hydroxyl groups is 1. The average Bonchev–Trinajstić information content (AvgIpc) is 3.31. The first kappa shape index (κ1) is 18.1. The van der Waals surface area contributed by atoms with E-state index in [4.69, 9.17) is 9.72 Å². The fourth-order valence-electron chi connectivity index (χ4n) is 3.65. The van der Waals surface area contributed by atoms with Crippen molar-refractivity contribution in [1.82, 2.24) is 19.6 Å². The van der Waals surface area contributed by atoms with Crippen LogP contribution in [-0.4, -0.2) is 31.8 Å². The van der Waals surface area contributed by atoms with Crippen LogP contribution in [0.15, 0.2) is 41.6 Å². The minimum atomic E-state index is -0.690. The zero-order valence-corrected chi connectivity index (χ0v) is 16.9. The molecule has 1 fully saturated rings. The van der Waals surface area contributed by atoms with Crippen molar-refractivity contribution in [2.24, 2.45) is 0 Å². The number of hydrogen-bond acceptors (Lipinski definition) is 6. The fourth-order valence-corrected chi connectivity index (χ4v) is 4.68. The normalized spacial score (nSPS) is 15.0. The Morgan fingerprint density at radius 3 is 2.86 bits per heavy atom. The summed E-state index contributed by atoms with van der Waals surface area (Å²) in [6, 6.07) is 5.71. The molecule has 1 aliphatic carbocycles. The Labute approximate surface area is 170 Å². The molecular formula is C21H20N4O3S. The van der Waals surface area contributed by atoms with Gasteiger partial charge in [0.2, 0.25) is 0 Å². The third kappa shape index (κ3) is 3.04. The van der Waals surface area contributed by atoms with Crippen LogP contribution in [0.25, 0.3) is 27.3 Å². The lowest BCUT2D eigenvalue weighted by Crippen LogP contribution is -2.12. The molecule has 0 saturated heterocycles. The van der Waals surface area contributed by atoms with Crippen molar-refractivity contribution in [1.29, 1.82) is 0 Å². The van der Waals surface area contributed by atoms with Crippen LogP contribution in [0.3, 0.4) is 0 Å². The molecule has 8 heteroatoms. The van der Waals surface area contributed by atoms with Crippen molar-refractivity contribution in [3.8, 4) is 27.6 Å². The Hall–Kier alpha value is -2.97. The lowest BCUT2D eigenvalue weighted by Gasteiger charge is -2.08. The average molecular weight is 408 g/mol. The summed E-state index contributed by atoms with van der Waals surface area (Å²) in [6.45, 7) is 1.73. The van der Waals surface area contributed by atoms with Crippen molar-refractivity contribution in [3.63, 3.8) is 0 Å². The molecule has 2 N–H and O–H groups in total. The summed E-state index contributed by atoms with van der Waals surface area (Å²) < 4.78 is 7.01. The van der Waals surface area contributed by atoms with Gasteiger partial charge in [-0.25, -0.2) is 9.50 Å². The van der Waals surface area contributed by atoms with E-state index in [1.807, 2.05) is 24.4 Å². The predicted molar refractivity (Wildman–Crippen MR) is 112 cm³/mol. The second-order valence-corrected chi connectivity index (χ2v) is 8.30. The molecule has 29 heavy (non-hydrogen) atoms. The molecule has 148 valence electrons. The molecule has 5 rings (SSSR count). The standard InChI is InChI=1S/C21H20N4O3S/c1-11(26)19-18(14-7-8-22-20(27)17(14)12-3-4-12)24-21(29-19)15-9-23-25-10-13(28-2)5-6-16(15)25/h5-12,26H,3-4H2,1-2H3,(H,22,27). The highest BCUT2D eigenvalue weighted by Crippen LogP contribution is 2.45. The number of methoxy groups -OCH3 is 1. The first-order valence-corrected chi connectivity index (χ1v) is 10.3. The van der Waals surface area contributed by atoms with Gasteiger partial charge in [-0.15, -0.1) is 11.3 Å². The minimum Gasteiger partial charge on any atom is -0.495 e. The van der Waals surface area contributed by atoms with Crippen LogP contribution in [0.5, 0.6) is 5.75 Å². The van der Waals surface area contributed by atoms with Crippen LogP contribution < -0.4 is 10.3 Å². The van der Waals surface area contributed by atoms with E-state index in [9.17, 15) is 9.90 Å².